The molecule has 1 fully saturated rings. The molecule has 1 heterocycles. The molecule has 2 rings (SSSR count). The van der Waals surface area contributed by atoms with Gasteiger partial charge in [-0.1, -0.05) is 18.2 Å². The van der Waals surface area contributed by atoms with Gasteiger partial charge in [0.15, 0.2) is 6.54 Å². The maximum Gasteiger partial charge on any atom is 0.405 e. The van der Waals surface area contributed by atoms with E-state index in [9.17, 15) is 22.8 Å². The monoisotopic (exact) mass is 390 g/mol. The number of rotatable bonds is 7. The van der Waals surface area contributed by atoms with E-state index in [4.69, 9.17) is 4.74 Å². The lowest BCUT2D eigenvalue weighted by molar-refractivity contribution is -1.01. The van der Waals surface area contributed by atoms with E-state index in [0.717, 1.165) is 43.4 Å². The number of benzene rings is 1. The van der Waals surface area contributed by atoms with Crippen molar-refractivity contribution in [1.29, 1.82) is 0 Å². The normalized spacial score (nSPS) is 20.0. The second-order valence-electron chi connectivity index (χ2n) is 6.43. The molecule has 1 aromatic carbocycles. The second kappa shape index (κ2) is 10.1. The number of carbonyl (C=O) groups excluding carboxylic acids is 2. The van der Waals surface area contributed by atoms with Crippen LogP contribution in [0.15, 0.2) is 30.3 Å². The number of hydrogen-bond acceptors (Lipinski definition) is 3. The first-order chi connectivity index (χ1) is 12.8. The van der Waals surface area contributed by atoms with E-state index in [-0.39, 0.29) is 6.54 Å². The topological polar surface area (TPSA) is 76.3 Å². The van der Waals surface area contributed by atoms with Crippen molar-refractivity contribution in [3.63, 3.8) is 0 Å². The summed E-state index contributed by atoms with van der Waals surface area (Å²) in [6.07, 6.45) is -4.50. The van der Waals surface area contributed by atoms with Crippen LogP contribution in [-0.2, 0) is 4.79 Å². The summed E-state index contributed by atoms with van der Waals surface area (Å²) in [6.45, 7) is 3.28. The van der Waals surface area contributed by atoms with Crippen molar-refractivity contribution in [2.45, 2.75) is 6.18 Å². The molecule has 0 atom stereocenters. The lowest BCUT2D eigenvalue weighted by Gasteiger charge is -2.29. The van der Waals surface area contributed by atoms with Gasteiger partial charge >= 0.3 is 12.2 Å². The number of urea groups is 1. The quantitative estimate of drug-likeness (QED) is 0.446. The number of alkyl halides is 3. The fourth-order valence-electron chi connectivity index (χ4n) is 2.84. The van der Waals surface area contributed by atoms with Crippen LogP contribution in [0.5, 0.6) is 5.75 Å². The average Bonchev–Trinajstić information content (AvgIpc) is 2.62. The average molecular weight is 390 g/mol. The van der Waals surface area contributed by atoms with Gasteiger partial charge in [-0.3, -0.25) is 10.1 Å². The van der Waals surface area contributed by atoms with Crippen LogP contribution in [0.1, 0.15) is 0 Å². The molecule has 0 unspecified atom stereocenters. The van der Waals surface area contributed by atoms with Crippen LogP contribution in [-0.4, -0.2) is 70.5 Å². The smallest absolute Gasteiger partial charge is 0.405 e. The Morgan fingerprint density at radius 3 is 2.30 bits per heavy atom. The Hall–Kier alpha value is -2.33. The molecule has 1 aromatic rings. The van der Waals surface area contributed by atoms with Gasteiger partial charge in [0.05, 0.1) is 0 Å². The molecule has 1 aliphatic rings. The predicted molar refractivity (Wildman–Crippen MR) is 90.7 cm³/mol. The van der Waals surface area contributed by atoms with Crippen molar-refractivity contribution in [2.75, 3.05) is 52.4 Å². The van der Waals surface area contributed by atoms with E-state index < -0.39 is 24.7 Å². The Labute approximate surface area is 155 Å². The van der Waals surface area contributed by atoms with Crippen LogP contribution in [0.4, 0.5) is 18.0 Å². The first kappa shape index (κ1) is 21.0. The highest BCUT2D eigenvalue weighted by molar-refractivity contribution is 5.94. The molecule has 10 heteroatoms. The van der Waals surface area contributed by atoms with Crippen LogP contribution in [0.3, 0.4) is 0 Å². The van der Waals surface area contributed by atoms with E-state index >= 15 is 0 Å². The first-order valence-corrected chi connectivity index (χ1v) is 8.81. The fourth-order valence-corrected chi connectivity index (χ4v) is 2.84. The molecule has 1 saturated heterocycles. The Kier molecular flexibility index (Phi) is 7.86. The molecule has 27 heavy (non-hydrogen) atoms. The second-order valence-corrected chi connectivity index (χ2v) is 6.43. The Bertz CT molecular complexity index is 605. The third-order valence-corrected chi connectivity index (χ3v) is 4.24. The standard InChI is InChI=1S/C17H23F3N4O3/c18-17(19,20)13-21-16(26)22-15(25)12-24-8-6-23(7-9-24)10-11-27-14-4-2-1-3-5-14/h1-5H,6-13H2,(H2,21,22,25,26)/p+2. The third-order valence-electron chi connectivity index (χ3n) is 4.24. The molecule has 0 bridgehead atoms. The van der Waals surface area contributed by atoms with E-state index in [1.54, 1.807) is 5.32 Å². The first-order valence-electron chi connectivity index (χ1n) is 8.81. The Balaban J connectivity index is 1.58. The van der Waals surface area contributed by atoms with Crippen LogP contribution in [0.2, 0.25) is 0 Å². The Morgan fingerprint density at radius 1 is 1.04 bits per heavy atom. The molecule has 0 aromatic heterocycles. The van der Waals surface area contributed by atoms with Crippen molar-refractivity contribution < 1.29 is 37.3 Å². The maximum atomic E-state index is 12.0. The van der Waals surface area contributed by atoms with Gasteiger partial charge in [0.25, 0.3) is 5.91 Å². The number of hydrogen-bond donors (Lipinski definition) is 4. The molecule has 150 valence electrons. The van der Waals surface area contributed by atoms with Crippen molar-refractivity contribution in [3.8, 4) is 5.75 Å². The molecular formula is C17H25F3N4O3+2. The highest BCUT2D eigenvalue weighted by Crippen LogP contribution is 2.11. The van der Waals surface area contributed by atoms with Gasteiger partial charge in [-0.2, -0.15) is 13.2 Å². The van der Waals surface area contributed by atoms with E-state index in [0.29, 0.717) is 6.61 Å². The van der Waals surface area contributed by atoms with Crippen LogP contribution in [0.25, 0.3) is 0 Å². The SMILES string of the molecule is O=C(C[NH+]1CC[NH+](CCOc2ccccc2)CC1)NC(=O)NCC(F)(F)F. The lowest BCUT2D eigenvalue weighted by Crippen LogP contribution is -3.28. The van der Waals surface area contributed by atoms with E-state index in [1.807, 2.05) is 35.6 Å². The summed E-state index contributed by atoms with van der Waals surface area (Å²) in [4.78, 5) is 25.4. The van der Waals surface area contributed by atoms with Gasteiger partial charge in [-0.15, -0.1) is 0 Å². The number of para-hydroxylation sites is 1. The van der Waals surface area contributed by atoms with Crippen LogP contribution in [0, 0.1) is 0 Å². The molecular weight excluding hydrogens is 365 g/mol. The molecule has 7 nitrogen and oxygen atoms in total. The summed E-state index contributed by atoms with van der Waals surface area (Å²) >= 11 is 0. The highest BCUT2D eigenvalue weighted by atomic mass is 19.4. The number of ether oxygens (including phenoxy) is 1. The zero-order valence-electron chi connectivity index (χ0n) is 14.9. The summed E-state index contributed by atoms with van der Waals surface area (Å²) in [5.74, 6) is 0.252. The Morgan fingerprint density at radius 2 is 1.67 bits per heavy atom. The van der Waals surface area contributed by atoms with Crippen molar-refractivity contribution in [1.82, 2.24) is 10.6 Å². The largest absolute Gasteiger partial charge is 0.488 e. The maximum absolute atomic E-state index is 12.0. The molecule has 3 amide bonds. The number of imide groups is 1. The van der Waals surface area contributed by atoms with Crippen LogP contribution >= 0.6 is 0 Å². The molecule has 0 saturated carbocycles. The highest BCUT2D eigenvalue weighted by Gasteiger charge is 2.29. The van der Waals surface area contributed by atoms with Crippen LogP contribution < -0.4 is 25.2 Å². The van der Waals surface area contributed by atoms with Gasteiger partial charge in [-0.25, -0.2) is 4.79 Å². The third kappa shape index (κ3) is 8.74. The summed E-state index contributed by atoms with van der Waals surface area (Å²) in [7, 11) is 0. The van der Waals surface area contributed by atoms with Gasteiger partial charge in [0.1, 0.15) is 51.6 Å². The van der Waals surface area contributed by atoms with Crippen molar-refractivity contribution >= 4 is 11.9 Å². The summed E-state index contributed by atoms with van der Waals surface area (Å²) in [5, 5.41) is 3.54. The zero-order chi connectivity index (χ0) is 19.7. The van der Waals surface area contributed by atoms with Gasteiger partial charge in [0.2, 0.25) is 0 Å². The van der Waals surface area contributed by atoms with Crippen molar-refractivity contribution in [3.05, 3.63) is 30.3 Å². The summed E-state index contributed by atoms with van der Waals surface area (Å²) in [6, 6.07) is 8.44. The summed E-state index contributed by atoms with van der Waals surface area (Å²) < 4.78 is 41.7. The molecule has 0 aliphatic carbocycles. The molecule has 1 aliphatic heterocycles. The fraction of sp³-hybridized carbons (Fsp3) is 0.529. The number of amides is 3. The number of carbonyl (C=O) groups is 2. The molecule has 0 radical (unpaired) electrons. The molecule has 0 spiro atoms. The van der Waals surface area contributed by atoms with Gasteiger partial charge in [-0.05, 0) is 12.1 Å². The predicted octanol–water partition coefficient (Wildman–Crippen LogP) is -1.76. The number of halogens is 3. The van der Waals surface area contributed by atoms with E-state index in [1.165, 1.54) is 4.90 Å². The number of quaternary nitrogens is 2. The lowest BCUT2D eigenvalue weighted by atomic mass is 10.3. The van der Waals surface area contributed by atoms with E-state index in [2.05, 4.69) is 0 Å². The number of piperazine rings is 1. The van der Waals surface area contributed by atoms with Crippen molar-refractivity contribution in [2.24, 2.45) is 0 Å². The number of nitrogens with one attached hydrogen (secondary N) is 4. The minimum absolute atomic E-state index is 0.0627. The minimum Gasteiger partial charge on any atom is -0.488 e. The van der Waals surface area contributed by atoms with Gasteiger partial charge in [0, 0.05) is 0 Å². The minimum atomic E-state index is -4.50. The van der Waals surface area contributed by atoms with Gasteiger partial charge < -0.3 is 19.9 Å². The zero-order valence-corrected chi connectivity index (χ0v) is 14.9. The summed E-state index contributed by atoms with van der Waals surface area (Å²) in [5.41, 5.74) is 0. The molecule has 4 N–H and O–H groups in total.